The number of imidazole rings is 1. The first kappa shape index (κ1) is 10.4. The summed E-state index contributed by atoms with van der Waals surface area (Å²) in [7, 11) is 0. The molecule has 2 aromatic rings. The first-order valence-corrected chi connectivity index (χ1v) is 5.81. The van der Waals surface area contributed by atoms with E-state index in [4.69, 9.17) is 0 Å². The maximum absolute atomic E-state index is 10.1. The van der Waals surface area contributed by atoms with Gasteiger partial charge in [0.1, 0.15) is 6.10 Å². The van der Waals surface area contributed by atoms with Crippen LogP contribution in [-0.2, 0) is 0 Å². The van der Waals surface area contributed by atoms with Crippen molar-refractivity contribution in [2.75, 3.05) is 0 Å². The van der Waals surface area contributed by atoms with Gasteiger partial charge in [0.05, 0.1) is 18.2 Å². The van der Waals surface area contributed by atoms with Gasteiger partial charge in [-0.1, -0.05) is 6.07 Å². The molecular formula is C11H14N2OS. The van der Waals surface area contributed by atoms with Crippen LogP contribution in [0.1, 0.15) is 36.6 Å². The summed E-state index contributed by atoms with van der Waals surface area (Å²) >= 11 is 1.56. The van der Waals surface area contributed by atoms with Crippen molar-refractivity contribution < 1.29 is 5.11 Å². The van der Waals surface area contributed by atoms with Crippen LogP contribution in [0, 0.1) is 0 Å². The van der Waals surface area contributed by atoms with Gasteiger partial charge < -0.3 is 9.67 Å². The SMILES string of the molecule is CC(C)n1cncc1C(O)c1cccs1. The summed E-state index contributed by atoms with van der Waals surface area (Å²) in [4.78, 5) is 5.04. The van der Waals surface area contributed by atoms with E-state index in [1.165, 1.54) is 0 Å². The minimum absolute atomic E-state index is 0.317. The average Bonchev–Trinajstić information content (AvgIpc) is 2.88. The monoisotopic (exact) mass is 222 g/mol. The molecular weight excluding hydrogens is 208 g/mol. The molecule has 3 nitrogen and oxygen atoms in total. The smallest absolute Gasteiger partial charge is 0.130 e. The molecule has 0 saturated carbocycles. The number of aliphatic hydroxyl groups is 1. The van der Waals surface area contributed by atoms with Gasteiger partial charge in [0.15, 0.2) is 0 Å². The average molecular weight is 222 g/mol. The van der Waals surface area contributed by atoms with Crippen LogP contribution in [-0.4, -0.2) is 14.7 Å². The first-order chi connectivity index (χ1) is 7.20. The second-order valence-electron chi connectivity index (χ2n) is 3.74. The number of hydrogen-bond acceptors (Lipinski definition) is 3. The van der Waals surface area contributed by atoms with Crippen molar-refractivity contribution in [3.63, 3.8) is 0 Å². The molecule has 0 aliphatic rings. The zero-order valence-corrected chi connectivity index (χ0v) is 9.61. The molecule has 2 aromatic heterocycles. The van der Waals surface area contributed by atoms with Crippen LogP contribution in [0.25, 0.3) is 0 Å². The van der Waals surface area contributed by atoms with E-state index >= 15 is 0 Å². The highest BCUT2D eigenvalue weighted by molar-refractivity contribution is 7.10. The van der Waals surface area contributed by atoms with Crippen molar-refractivity contribution >= 4 is 11.3 Å². The fourth-order valence-corrected chi connectivity index (χ4v) is 2.27. The topological polar surface area (TPSA) is 38.0 Å². The normalized spacial score (nSPS) is 13.3. The maximum Gasteiger partial charge on any atom is 0.130 e. The standard InChI is InChI=1S/C11H14N2OS/c1-8(2)13-7-12-6-9(13)11(14)10-4-3-5-15-10/h3-8,11,14H,1-2H3. The van der Waals surface area contributed by atoms with Crippen molar-refractivity contribution in [2.24, 2.45) is 0 Å². The molecule has 0 aromatic carbocycles. The Bertz CT molecular complexity index is 419. The molecule has 2 heterocycles. The van der Waals surface area contributed by atoms with Crippen LogP contribution in [0.2, 0.25) is 0 Å². The summed E-state index contributed by atoms with van der Waals surface area (Å²) in [6.45, 7) is 4.15. The van der Waals surface area contributed by atoms with Crippen LogP contribution in [0.4, 0.5) is 0 Å². The second-order valence-corrected chi connectivity index (χ2v) is 4.72. The molecule has 0 aliphatic heterocycles. The Morgan fingerprint density at radius 2 is 2.27 bits per heavy atom. The highest BCUT2D eigenvalue weighted by Crippen LogP contribution is 2.26. The van der Waals surface area contributed by atoms with E-state index in [0.29, 0.717) is 6.04 Å². The predicted molar refractivity (Wildman–Crippen MR) is 61.0 cm³/mol. The van der Waals surface area contributed by atoms with E-state index in [-0.39, 0.29) is 0 Å². The Morgan fingerprint density at radius 1 is 1.47 bits per heavy atom. The third-order valence-electron chi connectivity index (χ3n) is 2.35. The van der Waals surface area contributed by atoms with E-state index in [2.05, 4.69) is 18.8 Å². The first-order valence-electron chi connectivity index (χ1n) is 4.93. The van der Waals surface area contributed by atoms with E-state index in [1.807, 2.05) is 22.1 Å². The third-order valence-corrected chi connectivity index (χ3v) is 3.27. The molecule has 80 valence electrons. The number of hydrogen-bond donors (Lipinski definition) is 1. The Kier molecular flexibility index (Phi) is 2.88. The zero-order chi connectivity index (χ0) is 10.8. The van der Waals surface area contributed by atoms with E-state index in [9.17, 15) is 5.11 Å². The van der Waals surface area contributed by atoms with Gasteiger partial charge in [-0.25, -0.2) is 4.98 Å². The van der Waals surface area contributed by atoms with Crippen molar-refractivity contribution in [3.05, 3.63) is 40.6 Å². The highest BCUT2D eigenvalue weighted by atomic mass is 32.1. The maximum atomic E-state index is 10.1. The fourth-order valence-electron chi connectivity index (χ4n) is 1.55. The summed E-state index contributed by atoms with van der Waals surface area (Å²) in [6, 6.07) is 4.20. The molecule has 15 heavy (non-hydrogen) atoms. The fraction of sp³-hybridized carbons (Fsp3) is 0.364. The quantitative estimate of drug-likeness (QED) is 0.866. The van der Waals surface area contributed by atoms with Crippen LogP contribution < -0.4 is 0 Å². The molecule has 1 N–H and O–H groups in total. The van der Waals surface area contributed by atoms with Gasteiger partial charge >= 0.3 is 0 Å². The Labute approximate surface area is 93.0 Å². The Balaban J connectivity index is 2.33. The third kappa shape index (κ3) is 1.96. The second kappa shape index (κ2) is 4.16. The summed E-state index contributed by atoms with van der Waals surface area (Å²) in [5.74, 6) is 0. The molecule has 0 radical (unpaired) electrons. The number of nitrogens with zero attached hydrogens (tertiary/aromatic N) is 2. The number of aliphatic hydroxyl groups excluding tert-OH is 1. The number of aromatic nitrogens is 2. The van der Waals surface area contributed by atoms with E-state index in [0.717, 1.165) is 10.6 Å². The minimum atomic E-state index is -0.560. The number of rotatable bonds is 3. The highest BCUT2D eigenvalue weighted by Gasteiger charge is 2.16. The Morgan fingerprint density at radius 3 is 2.87 bits per heavy atom. The minimum Gasteiger partial charge on any atom is -0.381 e. The van der Waals surface area contributed by atoms with Crippen molar-refractivity contribution in [1.29, 1.82) is 0 Å². The molecule has 1 unspecified atom stereocenters. The van der Waals surface area contributed by atoms with Gasteiger partial charge in [-0.3, -0.25) is 0 Å². The van der Waals surface area contributed by atoms with Crippen LogP contribution >= 0.6 is 11.3 Å². The Hall–Kier alpha value is -1.13. The van der Waals surface area contributed by atoms with Gasteiger partial charge in [-0.2, -0.15) is 0 Å². The van der Waals surface area contributed by atoms with Crippen LogP contribution in [0.15, 0.2) is 30.0 Å². The lowest BCUT2D eigenvalue weighted by molar-refractivity contribution is 0.211. The van der Waals surface area contributed by atoms with Crippen molar-refractivity contribution in [1.82, 2.24) is 9.55 Å². The van der Waals surface area contributed by atoms with Gasteiger partial charge in [0.2, 0.25) is 0 Å². The zero-order valence-electron chi connectivity index (χ0n) is 8.79. The molecule has 2 rings (SSSR count). The molecule has 0 fully saturated rings. The predicted octanol–water partition coefficient (Wildman–Crippen LogP) is 2.61. The van der Waals surface area contributed by atoms with Crippen molar-refractivity contribution in [2.45, 2.75) is 26.0 Å². The lowest BCUT2D eigenvalue weighted by Gasteiger charge is -2.15. The lowest BCUT2D eigenvalue weighted by Crippen LogP contribution is -2.08. The van der Waals surface area contributed by atoms with Gasteiger partial charge in [-0.05, 0) is 25.3 Å². The lowest BCUT2D eigenvalue weighted by atomic mass is 10.2. The molecule has 0 amide bonds. The van der Waals surface area contributed by atoms with Gasteiger partial charge in [0.25, 0.3) is 0 Å². The van der Waals surface area contributed by atoms with Crippen LogP contribution in [0.5, 0.6) is 0 Å². The summed E-state index contributed by atoms with van der Waals surface area (Å²) < 4.78 is 1.99. The van der Waals surface area contributed by atoms with Gasteiger partial charge in [-0.15, -0.1) is 11.3 Å². The summed E-state index contributed by atoms with van der Waals surface area (Å²) in [5, 5.41) is 12.1. The summed E-state index contributed by atoms with van der Waals surface area (Å²) in [5.41, 5.74) is 0.854. The van der Waals surface area contributed by atoms with Gasteiger partial charge in [0, 0.05) is 10.9 Å². The molecule has 0 bridgehead atoms. The number of thiophene rings is 1. The summed E-state index contributed by atoms with van der Waals surface area (Å²) in [6.07, 6.45) is 2.93. The van der Waals surface area contributed by atoms with E-state index < -0.39 is 6.10 Å². The van der Waals surface area contributed by atoms with E-state index in [1.54, 1.807) is 23.9 Å². The molecule has 0 spiro atoms. The van der Waals surface area contributed by atoms with Crippen LogP contribution in [0.3, 0.4) is 0 Å². The molecule has 4 heteroatoms. The molecule has 0 saturated heterocycles. The molecule has 0 aliphatic carbocycles. The van der Waals surface area contributed by atoms with Crippen molar-refractivity contribution in [3.8, 4) is 0 Å². The largest absolute Gasteiger partial charge is 0.381 e. The molecule has 1 atom stereocenters.